The molecule has 0 bridgehead atoms. The maximum Gasteiger partial charge on any atom is 0.318 e. The van der Waals surface area contributed by atoms with Crippen LogP contribution in [0.25, 0.3) is 11.0 Å². The number of nitrogens with zero attached hydrogens (tertiary/aromatic N) is 2. The van der Waals surface area contributed by atoms with Crippen molar-refractivity contribution in [2.45, 2.75) is 17.1 Å². The van der Waals surface area contributed by atoms with Gasteiger partial charge in [0, 0.05) is 5.75 Å². The second kappa shape index (κ2) is 3.42. The molecule has 0 radical (unpaired) electrons. The topological polar surface area (TPSA) is 8.81 Å². The molecular weight excluding hydrogens is 228 g/mol. The van der Waals surface area contributed by atoms with Gasteiger partial charge in [0.2, 0.25) is 0 Å². The number of para-hydroxylation sites is 2. The fourth-order valence-electron chi connectivity index (χ4n) is 2.13. The van der Waals surface area contributed by atoms with E-state index in [9.17, 15) is 0 Å². The number of halogens is 1. The van der Waals surface area contributed by atoms with E-state index >= 15 is 0 Å². The van der Waals surface area contributed by atoms with E-state index in [0.717, 1.165) is 12.3 Å². The van der Waals surface area contributed by atoms with Gasteiger partial charge < -0.3 is 0 Å². The van der Waals surface area contributed by atoms with Crippen LogP contribution < -0.4 is 4.57 Å². The van der Waals surface area contributed by atoms with Gasteiger partial charge in [0.15, 0.2) is 11.0 Å². The molecule has 78 valence electrons. The molecule has 0 amide bonds. The van der Waals surface area contributed by atoms with Crippen molar-refractivity contribution >= 4 is 34.4 Å². The molecule has 0 aliphatic carbocycles. The molecule has 15 heavy (non-hydrogen) atoms. The van der Waals surface area contributed by atoms with Crippen LogP contribution in [-0.2, 0) is 13.6 Å². The molecule has 0 saturated carbocycles. The van der Waals surface area contributed by atoms with E-state index < -0.39 is 0 Å². The summed E-state index contributed by atoms with van der Waals surface area (Å²) in [7, 11) is 2.12. The van der Waals surface area contributed by atoms with Gasteiger partial charge in [0.05, 0.1) is 12.4 Å². The van der Waals surface area contributed by atoms with Crippen LogP contribution in [0, 0.1) is 0 Å². The van der Waals surface area contributed by atoms with Gasteiger partial charge in [-0.15, -0.1) is 11.6 Å². The summed E-state index contributed by atoms with van der Waals surface area (Å²) in [5.74, 6) is 1.01. The molecule has 1 aromatic carbocycles. The standard InChI is InChI=1S/C11H12ClN2S/c1-13-9-4-2-3-5-10(9)14-6-8(12)7-15-11(13)14/h2-5,8H,6-7H2,1H3/q+1. The zero-order valence-electron chi connectivity index (χ0n) is 8.48. The van der Waals surface area contributed by atoms with Crippen LogP contribution in [0.5, 0.6) is 0 Å². The summed E-state index contributed by atoms with van der Waals surface area (Å²) >= 11 is 8.05. The molecule has 1 unspecified atom stereocenters. The Morgan fingerprint density at radius 3 is 3.13 bits per heavy atom. The predicted molar refractivity (Wildman–Crippen MR) is 63.5 cm³/mol. The molecule has 0 saturated heterocycles. The molecule has 2 nitrogen and oxygen atoms in total. The molecule has 0 fully saturated rings. The summed E-state index contributed by atoms with van der Waals surface area (Å²) in [5.41, 5.74) is 2.57. The first kappa shape index (κ1) is 9.55. The van der Waals surface area contributed by atoms with Gasteiger partial charge in [-0.2, -0.15) is 0 Å². The highest BCUT2D eigenvalue weighted by Crippen LogP contribution is 2.29. The van der Waals surface area contributed by atoms with Gasteiger partial charge in [-0.05, 0) is 23.9 Å². The van der Waals surface area contributed by atoms with E-state index in [2.05, 4.69) is 40.4 Å². The normalized spacial score (nSPS) is 20.5. The molecule has 0 N–H and O–H groups in total. The molecular formula is C11H12ClN2S+. The number of aryl methyl sites for hydroxylation is 1. The third-order valence-corrected chi connectivity index (χ3v) is 4.62. The first-order valence-corrected chi connectivity index (χ1v) is 6.43. The number of hydrogen-bond donors (Lipinski definition) is 0. The Kier molecular flexibility index (Phi) is 2.18. The zero-order valence-corrected chi connectivity index (χ0v) is 10.1. The number of alkyl halides is 1. The molecule has 1 aliphatic heterocycles. The monoisotopic (exact) mass is 239 g/mol. The quantitative estimate of drug-likeness (QED) is 0.506. The van der Waals surface area contributed by atoms with Gasteiger partial charge in [0.25, 0.3) is 0 Å². The smallest absolute Gasteiger partial charge is 0.220 e. The fraction of sp³-hybridized carbons (Fsp3) is 0.364. The van der Waals surface area contributed by atoms with Crippen molar-refractivity contribution in [3.05, 3.63) is 24.3 Å². The minimum Gasteiger partial charge on any atom is -0.220 e. The largest absolute Gasteiger partial charge is 0.318 e. The highest BCUT2D eigenvalue weighted by atomic mass is 35.5. The Labute approximate surface area is 97.8 Å². The van der Waals surface area contributed by atoms with E-state index in [4.69, 9.17) is 11.6 Å². The van der Waals surface area contributed by atoms with Crippen LogP contribution in [0.4, 0.5) is 0 Å². The first-order chi connectivity index (χ1) is 7.27. The van der Waals surface area contributed by atoms with Crippen LogP contribution in [0.2, 0.25) is 0 Å². The Balaban J connectivity index is 2.33. The van der Waals surface area contributed by atoms with E-state index in [1.165, 1.54) is 16.2 Å². The van der Waals surface area contributed by atoms with Crippen LogP contribution in [0.15, 0.2) is 29.4 Å². The van der Waals surface area contributed by atoms with Crippen molar-refractivity contribution in [1.29, 1.82) is 0 Å². The number of imidazole rings is 1. The highest BCUT2D eigenvalue weighted by molar-refractivity contribution is 7.99. The summed E-state index contributed by atoms with van der Waals surface area (Å²) in [6, 6.07) is 8.48. The lowest BCUT2D eigenvalue weighted by atomic mass is 10.3. The summed E-state index contributed by atoms with van der Waals surface area (Å²) in [6.45, 7) is 0.922. The minimum absolute atomic E-state index is 0.248. The van der Waals surface area contributed by atoms with E-state index in [1.54, 1.807) is 0 Å². The molecule has 3 rings (SSSR count). The maximum atomic E-state index is 6.20. The lowest BCUT2D eigenvalue weighted by molar-refractivity contribution is -0.685. The Morgan fingerprint density at radius 1 is 1.47 bits per heavy atom. The van der Waals surface area contributed by atoms with Gasteiger partial charge >= 0.3 is 5.16 Å². The summed E-state index contributed by atoms with van der Waals surface area (Å²) in [5, 5.41) is 1.56. The van der Waals surface area contributed by atoms with Crippen molar-refractivity contribution in [3.63, 3.8) is 0 Å². The second-order valence-electron chi connectivity index (χ2n) is 3.85. The Bertz CT molecular complexity index is 521. The van der Waals surface area contributed by atoms with Crippen LogP contribution >= 0.6 is 23.4 Å². The lowest BCUT2D eigenvalue weighted by Gasteiger charge is -2.13. The molecule has 0 spiro atoms. The number of hydrogen-bond acceptors (Lipinski definition) is 1. The lowest BCUT2D eigenvalue weighted by Crippen LogP contribution is -2.33. The van der Waals surface area contributed by atoms with Crippen molar-refractivity contribution in [2.75, 3.05) is 5.75 Å². The van der Waals surface area contributed by atoms with Crippen molar-refractivity contribution in [1.82, 2.24) is 4.57 Å². The summed E-state index contributed by atoms with van der Waals surface area (Å²) in [6.07, 6.45) is 0. The number of thioether (sulfide) groups is 1. The first-order valence-electron chi connectivity index (χ1n) is 5.01. The Morgan fingerprint density at radius 2 is 2.27 bits per heavy atom. The van der Waals surface area contributed by atoms with Crippen molar-refractivity contribution in [3.8, 4) is 0 Å². The minimum atomic E-state index is 0.248. The number of benzene rings is 1. The van der Waals surface area contributed by atoms with Crippen LogP contribution in [-0.4, -0.2) is 15.7 Å². The summed E-state index contributed by atoms with van der Waals surface area (Å²) in [4.78, 5) is 0. The fourth-order valence-corrected chi connectivity index (χ4v) is 3.51. The van der Waals surface area contributed by atoms with Gasteiger partial charge in [-0.3, -0.25) is 0 Å². The van der Waals surface area contributed by atoms with E-state index in [1.807, 2.05) is 11.8 Å². The third kappa shape index (κ3) is 1.37. The van der Waals surface area contributed by atoms with E-state index in [-0.39, 0.29) is 5.38 Å². The van der Waals surface area contributed by atoms with Crippen molar-refractivity contribution in [2.24, 2.45) is 7.05 Å². The number of aromatic nitrogens is 2. The third-order valence-electron chi connectivity index (χ3n) is 2.83. The molecule has 1 atom stereocenters. The second-order valence-corrected chi connectivity index (χ2v) is 5.45. The molecule has 2 aromatic rings. The Hall–Kier alpha value is -0.670. The average molecular weight is 240 g/mol. The molecule has 2 heterocycles. The highest BCUT2D eigenvalue weighted by Gasteiger charge is 2.29. The molecule has 1 aliphatic rings. The SMILES string of the molecule is C[n+]1c2n(c3ccccc31)CC(Cl)CS2. The summed E-state index contributed by atoms with van der Waals surface area (Å²) < 4.78 is 4.57. The maximum absolute atomic E-state index is 6.20. The molecule has 4 heteroatoms. The van der Waals surface area contributed by atoms with Gasteiger partial charge in [-0.25, -0.2) is 9.13 Å². The number of fused-ring (bicyclic) bond motifs is 3. The van der Waals surface area contributed by atoms with Gasteiger partial charge in [-0.1, -0.05) is 12.1 Å². The average Bonchev–Trinajstić information content (AvgIpc) is 2.54. The molecule has 1 aromatic heterocycles. The van der Waals surface area contributed by atoms with Crippen molar-refractivity contribution < 1.29 is 4.57 Å². The van der Waals surface area contributed by atoms with Crippen LogP contribution in [0.1, 0.15) is 0 Å². The number of rotatable bonds is 0. The predicted octanol–water partition coefficient (Wildman–Crippen LogP) is 2.18. The zero-order chi connectivity index (χ0) is 10.4. The van der Waals surface area contributed by atoms with E-state index in [0.29, 0.717) is 0 Å². The van der Waals surface area contributed by atoms with Crippen LogP contribution in [0.3, 0.4) is 0 Å². The van der Waals surface area contributed by atoms with Gasteiger partial charge in [0.1, 0.15) is 6.54 Å².